The Morgan fingerprint density at radius 2 is 1.61 bits per heavy atom. The van der Waals surface area contributed by atoms with Crippen molar-refractivity contribution in [2.24, 2.45) is 23.2 Å². The first kappa shape index (κ1) is 32.3. The minimum absolute atomic E-state index is 0.0125. The second-order valence-electron chi connectivity index (χ2n) is 13.1. The molecule has 4 unspecified atom stereocenters. The summed E-state index contributed by atoms with van der Waals surface area (Å²) in [6, 6.07) is -4.02. The molecule has 0 aromatic heterocycles. The van der Waals surface area contributed by atoms with Crippen LogP contribution in [0.5, 0.6) is 0 Å². The predicted octanol–water partition coefficient (Wildman–Crippen LogP) is 1.85. The summed E-state index contributed by atoms with van der Waals surface area (Å²) in [6.07, 6.45) is 6.36. The van der Waals surface area contributed by atoms with Crippen LogP contribution in [0.15, 0.2) is 12.7 Å². The highest BCUT2D eigenvalue weighted by molar-refractivity contribution is 6.38. The maximum atomic E-state index is 13.8. The molecule has 11 nitrogen and oxygen atoms in total. The number of nitrogens with one attached hydrogen (secondary N) is 4. The molecule has 2 aliphatic carbocycles. The number of carbonyl (C=O) groups is 6. The van der Waals surface area contributed by atoms with Crippen molar-refractivity contribution in [3.63, 3.8) is 0 Å². The first-order valence-electron chi connectivity index (χ1n) is 14.9. The Morgan fingerprint density at radius 3 is 2.15 bits per heavy atom. The van der Waals surface area contributed by atoms with Crippen LogP contribution < -0.4 is 21.3 Å². The van der Waals surface area contributed by atoms with Crippen LogP contribution in [-0.4, -0.2) is 77.5 Å². The van der Waals surface area contributed by atoms with E-state index in [0.717, 1.165) is 25.7 Å². The molecule has 0 bridgehead atoms. The van der Waals surface area contributed by atoms with Crippen molar-refractivity contribution in [1.82, 2.24) is 26.2 Å². The number of hydrogen-bond donors (Lipinski definition) is 4. The summed E-state index contributed by atoms with van der Waals surface area (Å²) in [5.41, 5.74) is -0.695. The maximum Gasteiger partial charge on any atom is 0.316 e. The average Bonchev–Trinajstić information content (AvgIpc) is 3.85. The normalized spacial score (nSPS) is 20.9. The summed E-state index contributed by atoms with van der Waals surface area (Å²) in [6.45, 7) is 13.2. The van der Waals surface area contributed by atoms with E-state index in [2.05, 4.69) is 27.8 Å². The van der Waals surface area contributed by atoms with Crippen LogP contribution in [0.2, 0.25) is 0 Å². The standard InChI is InChI=1S/C30H47N5O6/c1-7-14-31-27(39)24(37)20(16-18-10-11-18)32-26(38)21-9-8-15-35(21)28(40)25(30(4,5)6)34-29(41)33-22(17(2)3)23(36)19-12-13-19/h7,17-22,25H,1,8-16H2,2-6H3,(H,31,39)(H,32,38)(H2,33,34,41). The molecule has 1 aliphatic heterocycles. The Morgan fingerprint density at radius 1 is 0.951 bits per heavy atom. The van der Waals surface area contributed by atoms with E-state index in [9.17, 15) is 28.8 Å². The van der Waals surface area contributed by atoms with E-state index in [4.69, 9.17) is 0 Å². The van der Waals surface area contributed by atoms with Crippen LogP contribution in [0, 0.1) is 23.2 Å². The molecule has 3 fully saturated rings. The Labute approximate surface area is 243 Å². The average molecular weight is 574 g/mol. The van der Waals surface area contributed by atoms with E-state index in [1.165, 1.54) is 11.0 Å². The molecule has 3 aliphatic rings. The molecule has 1 heterocycles. The van der Waals surface area contributed by atoms with Gasteiger partial charge in [0.15, 0.2) is 5.78 Å². The third-order valence-electron chi connectivity index (χ3n) is 8.00. The number of nitrogens with zero attached hydrogens (tertiary/aromatic N) is 1. The van der Waals surface area contributed by atoms with Gasteiger partial charge in [-0.3, -0.25) is 24.0 Å². The summed E-state index contributed by atoms with van der Waals surface area (Å²) in [5.74, 6) is -2.23. The van der Waals surface area contributed by atoms with Gasteiger partial charge < -0.3 is 26.2 Å². The van der Waals surface area contributed by atoms with Crippen molar-refractivity contribution in [2.45, 2.75) is 104 Å². The molecule has 0 aromatic carbocycles. The van der Waals surface area contributed by atoms with Crippen molar-refractivity contribution >= 4 is 35.3 Å². The lowest BCUT2D eigenvalue weighted by molar-refractivity contribution is -0.143. The van der Waals surface area contributed by atoms with Gasteiger partial charge in [-0.25, -0.2) is 4.79 Å². The molecule has 4 atom stereocenters. The summed E-state index contributed by atoms with van der Waals surface area (Å²) in [5, 5.41) is 10.8. The molecule has 3 rings (SSSR count). The molecule has 0 aromatic rings. The molecular weight excluding hydrogens is 526 g/mol. The molecule has 41 heavy (non-hydrogen) atoms. The van der Waals surface area contributed by atoms with Crippen molar-refractivity contribution in [3.05, 3.63) is 12.7 Å². The monoisotopic (exact) mass is 573 g/mol. The van der Waals surface area contributed by atoms with Crippen molar-refractivity contribution in [2.75, 3.05) is 13.1 Å². The van der Waals surface area contributed by atoms with Crippen molar-refractivity contribution in [3.8, 4) is 0 Å². The fourth-order valence-electron chi connectivity index (χ4n) is 5.22. The third kappa shape index (κ3) is 8.87. The van der Waals surface area contributed by atoms with E-state index >= 15 is 0 Å². The fourth-order valence-corrected chi connectivity index (χ4v) is 5.22. The quantitative estimate of drug-likeness (QED) is 0.184. The van der Waals surface area contributed by atoms with E-state index in [-0.39, 0.29) is 30.1 Å². The molecule has 5 amide bonds. The highest BCUT2D eigenvalue weighted by atomic mass is 16.2. The smallest absolute Gasteiger partial charge is 0.316 e. The zero-order valence-electron chi connectivity index (χ0n) is 25.1. The van der Waals surface area contributed by atoms with Gasteiger partial charge in [0.25, 0.3) is 5.91 Å². The fraction of sp³-hybridized carbons (Fsp3) is 0.733. The van der Waals surface area contributed by atoms with Gasteiger partial charge in [0.2, 0.25) is 17.6 Å². The number of rotatable bonds is 14. The van der Waals surface area contributed by atoms with Crippen LogP contribution >= 0.6 is 0 Å². The summed E-state index contributed by atoms with van der Waals surface area (Å²) < 4.78 is 0. The van der Waals surface area contributed by atoms with Gasteiger partial charge in [-0.05, 0) is 49.4 Å². The lowest BCUT2D eigenvalue weighted by Gasteiger charge is -2.36. The van der Waals surface area contributed by atoms with Gasteiger partial charge in [0.1, 0.15) is 12.1 Å². The van der Waals surface area contributed by atoms with Crippen LogP contribution in [0.4, 0.5) is 4.79 Å². The third-order valence-corrected chi connectivity index (χ3v) is 8.00. The van der Waals surface area contributed by atoms with Crippen molar-refractivity contribution in [1.29, 1.82) is 0 Å². The van der Waals surface area contributed by atoms with Gasteiger partial charge in [-0.15, -0.1) is 6.58 Å². The second-order valence-corrected chi connectivity index (χ2v) is 13.1. The zero-order valence-corrected chi connectivity index (χ0v) is 25.1. The van der Waals surface area contributed by atoms with E-state index < -0.39 is 59.1 Å². The highest BCUT2D eigenvalue weighted by Crippen LogP contribution is 2.34. The zero-order chi connectivity index (χ0) is 30.5. The number of carbonyl (C=O) groups excluding carboxylic acids is 6. The number of likely N-dealkylation sites (tertiary alicyclic amines) is 1. The number of Topliss-reactive ketones (excluding diaryl/α,β-unsaturated/α-hetero) is 2. The van der Waals surface area contributed by atoms with Crippen LogP contribution in [-0.2, 0) is 24.0 Å². The number of ketones is 2. The summed E-state index contributed by atoms with van der Waals surface area (Å²) in [7, 11) is 0. The number of hydrogen-bond acceptors (Lipinski definition) is 6. The van der Waals surface area contributed by atoms with Gasteiger partial charge in [0.05, 0.1) is 12.1 Å². The molecule has 228 valence electrons. The first-order chi connectivity index (χ1) is 19.2. The molecule has 1 saturated heterocycles. The topological polar surface area (TPSA) is 154 Å². The molecule has 2 saturated carbocycles. The largest absolute Gasteiger partial charge is 0.346 e. The minimum atomic E-state index is -0.975. The van der Waals surface area contributed by atoms with Gasteiger partial charge >= 0.3 is 6.03 Å². The van der Waals surface area contributed by atoms with Gasteiger partial charge in [-0.2, -0.15) is 0 Å². The molecule has 0 spiro atoms. The van der Waals surface area contributed by atoms with Crippen LogP contribution in [0.25, 0.3) is 0 Å². The SMILES string of the molecule is C=CCNC(=O)C(=O)C(CC1CC1)NC(=O)C1CCCN1C(=O)C(NC(=O)NC(C(=O)C1CC1)C(C)C)C(C)(C)C. The Hall–Kier alpha value is -3.24. The second kappa shape index (κ2) is 13.6. The van der Waals surface area contributed by atoms with Crippen molar-refractivity contribution < 1.29 is 28.8 Å². The number of urea groups is 1. The van der Waals surface area contributed by atoms with Crippen LogP contribution in [0.1, 0.15) is 79.6 Å². The lowest BCUT2D eigenvalue weighted by Crippen LogP contribution is -2.61. The minimum Gasteiger partial charge on any atom is -0.346 e. The Balaban J connectivity index is 1.70. The van der Waals surface area contributed by atoms with E-state index in [1.54, 1.807) is 0 Å². The maximum absolute atomic E-state index is 13.8. The van der Waals surface area contributed by atoms with E-state index in [0.29, 0.717) is 25.8 Å². The van der Waals surface area contributed by atoms with Crippen LogP contribution in [0.3, 0.4) is 0 Å². The number of amides is 5. The molecule has 4 N–H and O–H groups in total. The predicted molar refractivity (Wildman–Crippen MR) is 153 cm³/mol. The molecule has 0 radical (unpaired) electrons. The highest BCUT2D eigenvalue weighted by Gasteiger charge is 2.44. The van der Waals surface area contributed by atoms with E-state index in [1.807, 2.05) is 34.6 Å². The Bertz CT molecular complexity index is 1040. The van der Waals surface area contributed by atoms with Gasteiger partial charge in [-0.1, -0.05) is 53.5 Å². The Kier molecular flexibility index (Phi) is 10.7. The van der Waals surface area contributed by atoms with Gasteiger partial charge in [0, 0.05) is 19.0 Å². The molecular formula is C30H47N5O6. The summed E-state index contributed by atoms with van der Waals surface area (Å²) >= 11 is 0. The summed E-state index contributed by atoms with van der Waals surface area (Å²) in [4.78, 5) is 79.7. The first-order valence-corrected chi connectivity index (χ1v) is 14.9. The lowest BCUT2D eigenvalue weighted by atomic mass is 9.85. The molecule has 11 heteroatoms.